The SMILES string of the molecule is [2H]C1([2H])Oc2cc(S(=O)(=O)N3CC4=C(CN(C(=O)[C@](F)(CO)c5ccccc5)C4)C3)cnc2OC1([2H])[2H]. The lowest BCUT2D eigenvalue weighted by molar-refractivity contribution is -0.146. The molecule has 9 nitrogen and oxygen atoms in total. The van der Waals surface area contributed by atoms with E-state index in [1.807, 2.05) is 0 Å². The molecule has 2 aromatic rings. The first kappa shape index (κ1) is 17.5. The number of hydrogen-bond acceptors (Lipinski definition) is 7. The lowest BCUT2D eigenvalue weighted by Gasteiger charge is -2.29. The molecule has 0 fully saturated rings. The summed E-state index contributed by atoms with van der Waals surface area (Å²) in [7, 11) is -4.13. The molecule has 1 aromatic heterocycles. The van der Waals surface area contributed by atoms with Crippen molar-refractivity contribution in [3.63, 3.8) is 0 Å². The van der Waals surface area contributed by atoms with Crippen molar-refractivity contribution < 1.29 is 37.7 Å². The monoisotopic (exact) mass is 479 g/mol. The number of aliphatic hydroxyl groups is 1. The highest BCUT2D eigenvalue weighted by Crippen LogP contribution is 2.36. The molecule has 0 saturated heterocycles. The van der Waals surface area contributed by atoms with Gasteiger partial charge in [-0.2, -0.15) is 4.31 Å². The van der Waals surface area contributed by atoms with Crippen LogP contribution in [0.25, 0.3) is 0 Å². The third kappa shape index (κ3) is 3.65. The van der Waals surface area contributed by atoms with Gasteiger partial charge in [-0.1, -0.05) is 30.3 Å². The van der Waals surface area contributed by atoms with Crippen LogP contribution < -0.4 is 9.47 Å². The van der Waals surface area contributed by atoms with Crippen LogP contribution in [-0.4, -0.2) is 79.5 Å². The number of nitrogens with zero attached hydrogens (tertiary/aromatic N) is 3. The van der Waals surface area contributed by atoms with Crippen LogP contribution in [0.5, 0.6) is 11.6 Å². The minimum absolute atomic E-state index is 0.00731. The Bertz CT molecular complexity index is 1390. The number of amides is 1. The Kier molecular flexibility index (Phi) is 4.28. The zero-order valence-corrected chi connectivity index (χ0v) is 18.0. The first-order valence-corrected chi connectivity index (χ1v) is 11.5. The van der Waals surface area contributed by atoms with Crippen molar-refractivity contribution in [2.75, 3.05) is 45.9 Å². The lowest BCUT2D eigenvalue weighted by Crippen LogP contribution is -2.47. The molecule has 1 atom stereocenters. The number of benzene rings is 1. The van der Waals surface area contributed by atoms with Gasteiger partial charge in [0.2, 0.25) is 15.7 Å². The normalized spacial score (nSPS) is 24.8. The maximum Gasteiger partial charge on any atom is 0.267 e. The Morgan fingerprint density at radius 2 is 1.82 bits per heavy atom. The Labute approximate surface area is 195 Å². The van der Waals surface area contributed by atoms with E-state index in [0.29, 0.717) is 11.1 Å². The highest BCUT2D eigenvalue weighted by Gasteiger charge is 2.46. The van der Waals surface area contributed by atoms with Crippen LogP contribution in [-0.2, 0) is 20.5 Å². The molecule has 4 heterocycles. The average molecular weight is 480 g/mol. The maximum atomic E-state index is 15.6. The number of aliphatic hydroxyl groups excluding tert-OH is 1. The van der Waals surface area contributed by atoms with Gasteiger partial charge in [-0.3, -0.25) is 4.79 Å². The van der Waals surface area contributed by atoms with E-state index in [1.165, 1.54) is 17.0 Å². The number of aromatic nitrogens is 1. The average Bonchev–Trinajstić information content (AvgIpc) is 3.44. The van der Waals surface area contributed by atoms with Crippen LogP contribution in [0.15, 0.2) is 58.6 Å². The predicted molar refractivity (Wildman–Crippen MR) is 114 cm³/mol. The second-order valence-corrected chi connectivity index (χ2v) is 9.79. The Morgan fingerprint density at radius 3 is 2.48 bits per heavy atom. The number of pyridine rings is 1. The van der Waals surface area contributed by atoms with Crippen LogP contribution >= 0.6 is 0 Å². The Hall–Kier alpha value is -3.02. The summed E-state index contributed by atoms with van der Waals surface area (Å²) in [6.45, 7) is -6.83. The van der Waals surface area contributed by atoms with Crippen LogP contribution in [0.1, 0.15) is 11.0 Å². The topological polar surface area (TPSA) is 109 Å². The summed E-state index contributed by atoms with van der Waals surface area (Å²) >= 11 is 0. The van der Waals surface area contributed by atoms with Crippen molar-refractivity contribution in [3.8, 4) is 11.6 Å². The molecule has 1 amide bonds. The third-order valence-corrected chi connectivity index (χ3v) is 7.61. The number of carbonyl (C=O) groups is 1. The molecule has 5 rings (SSSR count). The maximum absolute atomic E-state index is 15.6. The van der Waals surface area contributed by atoms with Gasteiger partial charge >= 0.3 is 0 Å². The minimum atomic E-state index is -4.13. The fourth-order valence-electron chi connectivity index (χ4n) is 4.09. The number of fused-ring (bicyclic) bond motifs is 1. The summed E-state index contributed by atoms with van der Waals surface area (Å²) in [6.07, 6.45) is 0.965. The third-order valence-electron chi connectivity index (χ3n) is 5.85. The Balaban J connectivity index is 1.30. The first-order chi connectivity index (χ1) is 17.3. The summed E-state index contributed by atoms with van der Waals surface area (Å²) in [4.78, 5) is 17.7. The standard InChI is InChI=1S/C22H22FN3O6S/c23-22(14-27,17-4-2-1-3-5-17)21(28)25-10-15-12-26(13-16(15)11-25)33(29,30)18-8-19-20(24-9-18)32-7-6-31-19/h1-5,8-9,27H,6-7,10-14H2/t22-/m0/s1/i6D2,7D2. The molecule has 0 aliphatic carbocycles. The van der Waals surface area contributed by atoms with Gasteiger partial charge in [0.25, 0.3) is 11.8 Å². The van der Waals surface area contributed by atoms with E-state index in [4.69, 9.17) is 15.0 Å². The van der Waals surface area contributed by atoms with Crippen molar-refractivity contribution >= 4 is 15.9 Å². The molecule has 174 valence electrons. The van der Waals surface area contributed by atoms with Crippen LogP contribution in [0.2, 0.25) is 0 Å². The summed E-state index contributed by atoms with van der Waals surface area (Å²) < 4.78 is 83.7. The number of rotatable bonds is 5. The van der Waals surface area contributed by atoms with Crippen molar-refractivity contribution in [1.29, 1.82) is 0 Å². The first-order valence-electron chi connectivity index (χ1n) is 12.0. The van der Waals surface area contributed by atoms with E-state index in [9.17, 15) is 18.3 Å². The zero-order valence-electron chi connectivity index (χ0n) is 21.2. The van der Waals surface area contributed by atoms with Crippen molar-refractivity contribution in [2.45, 2.75) is 10.6 Å². The smallest absolute Gasteiger partial charge is 0.267 e. The van der Waals surface area contributed by atoms with Crippen molar-refractivity contribution in [2.24, 2.45) is 0 Å². The molecule has 0 spiro atoms. The van der Waals surface area contributed by atoms with Crippen LogP contribution in [0.3, 0.4) is 0 Å². The van der Waals surface area contributed by atoms with Gasteiger partial charge in [0.05, 0.1) is 18.3 Å². The minimum Gasteiger partial charge on any atom is -0.484 e. The van der Waals surface area contributed by atoms with E-state index < -0.39 is 41.3 Å². The molecule has 1 N–H and O–H groups in total. The summed E-state index contributed by atoms with van der Waals surface area (Å²) in [5.74, 6) is -1.65. The molecule has 0 radical (unpaired) electrons. The molecule has 3 aliphatic heterocycles. The highest BCUT2D eigenvalue weighted by molar-refractivity contribution is 7.89. The van der Waals surface area contributed by atoms with E-state index in [-0.39, 0.29) is 48.3 Å². The number of ether oxygens (including phenoxy) is 2. The van der Waals surface area contributed by atoms with Crippen LogP contribution in [0.4, 0.5) is 4.39 Å². The summed E-state index contributed by atoms with van der Waals surface area (Å²) in [6, 6.07) is 8.64. The van der Waals surface area contributed by atoms with Gasteiger partial charge in [-0.05, 0) is 11.1 Å². The molecule has 11 heteroatoms. The van der Waals surface area contributed by atoms with E-state index in [1.54, 1.807) is 18.2 Å². The highest BCUT2D eigenvalue weighted by atomic mass is 32.2. The molecule has 3 aliphatic rings. The van der Waals surface area contributed by atoms with Gasteiger partial charge in [0.15, 0.2) is 5.75 Å². The fourth-order valence-corrected chi connectivity index (χ4v) is 5.49. The summed E-state index contributed by atoms with van der Waals surface area (Å²) in [5, 5.41) is 9.70. The van der Waals surface area contributed by atoms with Gasteiger partial charge in [0, 0.05) is 37.8 Å². The zero-order chi connectivity index (χ0) is 26.8. The molecular formula is C22H22FN3O6S. The van der Waals surface area contributed by atoms with Gasteiger partial charge in [0.1, 0.15) is 18.0 Å². The fraction of sp³-hybridized carbons (Fsp3) is 0.364. The van der Waals surface area contributed by atoms with Crippen molar-refractivity contribution in [3.05, 3.63) is 59.3 Å². The van der Waals surface area contributed by atoms with Gasteiger partial charge in [-0.25, -0.2) is 17.8 Å². The van der Waals surface area contributed by atoms with E-state index in [0.717, 1.165) is 16.6 Å². The van der Waals surface area contributed by atoms with Crippen LogP contribution in [0, 0.1) is 0 Å². The number of hydrogen-bond donors (Lipinski definition) is 1. The molecule has 33 heavy (non-hydrogen) atoms. The number of carbonyl (C=O) groups excluding carboxylic acids is 1. The second kappa shape index (κ2) is 8.08. The second-order valence-electron chi connectivity index (χ2n) is 7.85. The lowest BCUT2D eigenvalue weighted by atomic mass is 9.95. The Morgan fingerprint density at radius 1 is 1.15 bits per heavy atom. The quantitative estimate of drug-likeness (QED) is 0.634. The number of alkyl halides is 1. The molecule has 1 aromatic carbocycles. The molecular weight excluding hydrogens is 453 g/mol. The van der Waals surface area contributed by atoms with Crippen molar-refractivity contribution in [1.82, 2.24) is 14.2 Å². The summed E-state index contributed by atoms with van der Waals surface area (Å²) in [5.41, 5.74) is -1.31. The van der Waals surface area contributed by atoms with Gasteiger partial charge < -0.3 is 19.5 Å². The van der Waals surface area contributed by atoms with E-state index >= 15 is 4.39 Å². The number of sulfonamides is 1. The molecule has 0 unspecified atom stereocenters. The van der Waals surface area contributed by atoms with E-state index in [2.05, 4.69) is 4.98 Å². The van der Waals surface area contributed by atoms with Gasteiger partial charge in [-0.15, -0.1) is 0 Å². The predicted octanol–water partition coefficient (Wildman–Crippen LogP) is 0.853. The molecule has 0 bridgehead atoms. The largest absolute Gasteiger partial charge is 0.484 e. The number of halogens is 1. The molecule has 0 saturated carbocycles.